The third kappa shape index (κ3) is 3.60. The molecule has 0 radical (unpaired) electrons. The van der Waals surface area contributed by atoms with Gasteiger partial charge in [0.05, 0.1) is 0 Å². The molecule has 1 fully saturated rings. The van der Waals surface area contributed by atoms with Gasteiger partial charge >= 0.3 is 0 Å². The molecule has 1 saturated heterocycles. The summed E-state index contributed by atoms with van der Waals surface area (Å²) in [5, 5.41) is 3.42. The number of benzene rings is 1. The highest BCUT2D eigenvalue weighted by Gasteiger charge is 2.10. The average molecular weight is 258 g/mol. The molecule has 2 nitrogen and oxygen atoms in total. The van der Waals surface area contributed by atoms with Gasteiger partial charge in [-0.3, -0.25) is 0 Å². The van der Waals surface area contributed by atoms with Crippen LogP contribution in [0.5, 0.6) is 0 Å². The minimum atomic E-state index is 0.744. The summed E-state index contributed by atoms with van der Waals surface area (Å²) in [5.41, 5.74) is 5.42. The molecule has 1 N–H and O–H groups in total. The van der Waals surface area contributed by atoms with Crippen LogP contribution in [0.25, 0.3) is 6.08 Å². The van der Waals surface area contributed by atoms with Gasteiger partial charge in [0, 0.05) is 19.8 Å². The Morgan fingerprint density at radius 3 is 2.21 bits per heavy atom. The topological polar surface area (TPSA) is 15.3 Å². The minimum Gasteiger partial charge on any atom is -0.378 e. The van der Waals surface area contributed by atoms with Crippen molar-refractivity contribution in [2.24, 2.45) is 5.92 Å². The van der Waals surface area contributed by atoms with Gasteiger partial charge in [-0.2, -0.15) is 0 Å². The fourth-order valence-corrected chi connectivity index (χ4v) is 2.74. The number of nitrogens with one attached hydrogen (secondary N) is 1. The van der Waals surface area contributed by atoms with E-state index in [-0.39, 0.29) is 0 Å². The second-order valence-corrected chi connectivity index (χ2v) is 5.83. The Kier molecular flexibility index (Phi) is 4.65. The van der Waals surface area contributed by atoms with E-state index in [9.17, 15) is 0 Å². The molecule has 1 aliphatic rings. The number of allylic oxidation sites excluding steroid dienone is 1. The van der Waals surface area contributed by atoms with Gasteiger partial charge in [0.25, 0.3) is 0 Å². The van der Waals surface area contributed by atoms with Crippen LogP contribution in [0.15, 0.2) is 18.2 Å². The number of aryl methyl sites for hydroxylation is 2. The molecule has 0 spiro atoms. The Balaban J connectivity index is 2.17. The maximum Gasteiger partial charge on any atom is 0.0366 e. The largest absolute Gasteiger partial charge is 0.378 e. The van der Waals surface area contributed by atoms with Crippen LogP contribution in [-0.2, 0) is 0 Å². The van der Waals surface area contributed by atoms with E-state index in [1.807, 2.05) is 0 Å². The lowest BCUT2D eigenvalue weighted by Gasteiger charge is -2.20. The Morgan fingerprint density at radius 2 is 1.68 bits per heavy atom. The number of nitrogens with zero attached hydrogens (tertiary/aromatic N) is 1. The van der Waals surface area contributed by atoms with Gasteiger partial charge < -0.3 is 10.2 Å². The predicted molar refractivity (Wildman–Crippen MR) is 84.9 cm³/mol. The number of piperidine rings is 1. The highest BCUT2D eigenvalue weighted by molar-refractivity contribution is 5.63. The molecular formula is C17H26N2. The lowest BCUT2D eigenvalue weighted by atomic mass is 9.94. The summed E-state index contributed by atoms with van der Waals surface area (Å²) < 4.78 is 0. The first-order valence-electron chi connectivity index (χ1n) is 7.25. The zero-order chi connectivity index (χ0) is 13.8. The predicted octanol–water partition coefficient (Wildman–Crippen LogP) is 3.38. The van der Waals surface area contributed by atoms with Gasteiger partial charge in [-0.05, 0) is 74.5 Å². The van der Waals surface area contributed by atoms with Crippen molar-refractivity contribution in [3.8, 4) is 0 Å². The first-order valence-corrected chi connectivity index (χ1v) is 7.25. The molecule has 2 heteroatoms. The molecule has 19 heavy (non-hydrogen) atoms. The molecule has 1 aromatic rings. The average Bonchev–Trinajstić information content (AvgIpc) is 2.38. The van der Waals surface area contributed by atoms with Crippen molar-refractivity contribution in [2.75, 3.05) is 32.1 Å². The molecule has 104 valence electrons. The van der Waals surface area contributed by atoms with Crippen LogP contribution in [0.4, 0.5) is 5.69 Å². The quantitative estimate of drug-likeness (QED) is 0.894. The molecule has 1 heterocycles. The Morgan fingerprint density at radius 1 is 1.11 bits per heavy atom. The first kappa shape index (κ1) is 14.1. The van der Waals surface area contributed by atoms with E-state index >= 15 is 0 Å². The third-order valence-electron chi connectivity index (χ3n) is 4.01. The first-order chi connectivity index (χ1) is 9.08. The highest BCUT2D eigenvalue weighted by Crippen LogP contribution is 2.24. The molecule has 0 amide bonds. The van der Waals surface area contributed by atoms with Gasteiger partial charge in [-0.25, -0.2) is 0 Å². The molecule has 0 bridgehead atoms. The van der Waals surface area contributed by atoms with E-state index in [2.05, 4.69) is 62.4 Å². The summed E-state index contributed by atoms with van der Waals surface area (Å²) in [7, 11) is 4.19. The van der Waals surface area contributed by atoms with E-state index in [1.165, 1.54) is 35.2 Å². The number of anilines is 1. The van der Waals surface area contributed by atoms with Crippen molar-refractivity contribution in [1.29, 1.82) is 0 Å². The zero-order valence-corrected chi connectivity index (χ0v) is 12.7. The van der Waals surface area contributed by atoms with E-state index in [1.54, 1.807) is 0 Å². The Labute approximate surface area is 117 Å². The maximum absolute atomic E-state index is 3.42. The van der Waals surface area contributed by atoms with Crippen LogP contribution in [0.1, 0.15) is 29.5 Å². The molecule has 0 aromatic heterocycles. The van der Waals surface area contributed by atoms with E-state index in [4.69, 9.17) is 0 Å². The van der Waals surface area contributed by atoms with Crippen molar-refractivity contribution >= 4 is 11.8 Å². The van der Waals surface area contributed by atoms with E-state index in [0.717, 1.165) is 19.0 Å². The third-order valence-corrected chi connectivity index (χ3v) is 4.01. The Hall–Kier alpha value is -1.28. The van der Waals surface area contributed by atoms with Crippen molar-refractivity contribution < 1.29 is 0 Å². The SMILES string of the molecule is Cc1cc(N(C)C)cc(C)c1/C=C/C1CCNCC1. The van der Waals surface area contributed by atoms with Gasteiger partial charge in [0.15, 0.2) is 0 Å². The summed E-state index contributed by atoms with van der Waals surface area (Å²) in [6.45, 7) is 6.74. The molecule has 0 unspecified atom stereocenters. The van der Waals surface area contributed by atoms with Crippen molar-refractivity contribution in [1.82, 2.24) is 5.32 Å². The van der Waals surface area contributed by atoms with Crippen LogP contribution in [0.3, 0.4) is 0 Å². The van der Waals surface area contributed by atoms with Crippen LogP contribution in [0.2, 0.25) is 0 Å². The Bertz CT molecular complexity index is 431. The van der Waals surface area contributed by atoms with Crippen molar-refractivity contribution in [2.45, 2.75) is 26.7 Å². The molecule has 2 rings (SSSR count). The van der Waals surface area contributed by atoms with Crippen LogP contribution >= 0.6 is 0 Å². The molecule has 1 aromatic carbocycles. The monoisotopic (exact) mass is 258 g/mol. The van der Waals surface area contributed by atoms with Crippen LogP contribution < -0.4 is 10.2 Å². The van der Waals surface area contributed by atoms with Crippen LogP contribution in [-0.4, -0.2) is 27.2 Å². The zero-order valence-electron chi connectivity index (χ0n) is 12.7. The van der Waals surface area contributed by atoms with Crippen molar-refractivity contribution in [3.05, 3.63) is 34.9 Å². The lowest BCUT2D eigenvalue weighted by molar-refractivity contribution is 0.438. The molecule has 0 aliphatic carbocycles. The van der Waals surface area contributed by atoms with Crippen LogP contribution in [0, 0.1) is 19.8 Å². The maximum atomic E-state index is 3.42. The summed E-state index contributed by atoms with van der Waals surface area (Å²) in [5.74, 6) is 0.744. The van der Waals surface area contributed by atoms with E-state index in [0.29, 0.717) is 0 Å². The molecule has 1 aliphatic heterocycles. The molecular weight excluding hydrogens is 232 g/mol. The lowest BCUT2D eigenvalue weighted by Crippen LogP contribution is -2.26. The normalized spacial score (nSPS) is 17.1. The molecule has 0 atom stereocenters. The fourth-order valence-electron chi connectivity index (χ4n) is 2.74. The highest BCUT2D eigenvalue weighted by atomic mass is 15.1. The van der Waals surface area contributed by atoms with Gasteiger partial charge in [-0.15, -0.1) is 0 Å². The summed E-state index contributed by atoms with van der Waals surface area (Å²) >= 11 is 0. The minimum absolute atomic E-state index is 0.744. The number of hydrogen-bond acceptors (Lipinski definition) is 2. The summed E-state index contributed by atoms with van der Waals surface area (Å²) in [4.78, 5) is 2.17. The van der Waals surface area contributed by atoms with Gasteiger partial charge in [0.1, 0.15) is 0 Å². The van der Waals surface area contributed by atoms with Gasteiger partial charge in [0.2, 0.25) is 0 Å². The standard InChI is InChI=1S/C17H26N2/c1-13-11-16(19(3)4)12-14(2)17(13)6-5-15-7-9-18-10-8-15/h5-6,11-12,15,18H,7-10H2,1-4H3/b6-5+. The van der Waals surface area contributed by atoms with E-state index < -0.39 is 0 Å². The summed E-state index contributed by atoms with van der Waals surface area (Å²) in [6, 6.07) is 4.55. The second-order valence-electron chi connectivity index (χ2n) is 5.83. The summed E-state index contributed by atoms with van der Waals surface area (Å²) in [6.07, 6.45) is 7.28. The smallest absolute Gasteiger partial charge is 0.0366 e. The van der Waals surface area contributed by atoms with Crippen molar-refractivity contribution in [3.63, 3.8) is 0 Å². The molecule has 0 saturated carbocycles. The number of hydrogen-bond donors (Lipinski definition) is 1. The number of rotatable bonds is 3. The van der Waals surface area contributed by atoms with Gasteiger partial charge in [-0.1, -0.05) is 12.2 Å². The fraction of sp³-hybridized carbons (Fsp3) is 0.529. The second kappa shape index (κ2) is 6.25.